The molecule has 0 spiro atoms. The van der Waals surface area contributed by atoms with Crippen molar-refractivity contribution in [2.24, 2.45) is 5.92 Å². The Labute approximate surface area is 128 Å². The number of carbonyl (C=O) groups is 1. The van der Waals surface area contributed by atoms with Crippen molar-refractivity contribution in [3.05, 3.63) is 24.3 Å². The smallest absolute Gasteiger partial charge is 0.226 e. The van der Waals surface area contributed by atoms with Gasteiger partial charge < -0.3 is 14.8 Å². The van der Waals surface area contributed by atoms with Crippen LogP contribution in [-0.2, 0) is 4.79 Å². The molecule has 1 fully saturated rings. The van der Waals surface area contributed by atoms with Crippen LogP contribution in [0.5, 0.6) is 11.5 Å². The monoisotopic (exact) mass is 317 g/mol. The number of benzene rings is 1. The van der Waals surface area contributed by atoms with E-state index < -0.39 is 4.33 Å². The van der Waals surface area contributed by atoms with Gasteiger partial charge in [-0.1, -0.05) is 12.1 Å². The highest BCUT2D eigenvalue weighted by Crippen LogP contribution is 2.53. The molecule has 110 valence electrons. The molecular formula is C14H17Cl2NO3. The number of ether oxygens (including phenoxy) is 2. The first-order valence-corrected chi connectivity index (χ1v) is 7.15. The summed E-state index contributed by atoms with van der Waals surface area (Å²) in [5, 5.41) is 2.78. The summed E-state index contributed by atoms with van der Waals surface area (Å²) in [6.45, 7) is 2.26. The van der Waals surface area contributed by atoms with Gasteiger partial charge in [-0.25, -0.2) is 0 Å². The van der Waals surface area contributed by atoms with E-state index in [1.807, 2.05) is 31.2 Å². The molecule has 6 heteroatoms. The summed E-state index contributed by atoms with van der Waals surface area (Å²) in [5.41, 5.74) is 0. The van der Waals surface area contributed by atoms with Crippen LogP contribution in [0, 0.1) is 5.92 Å². The fourth-order valence-electron chi connectivity index (χ4n) is 1.84. The number of methoxy groups -OCH3 is 1. The molecule has 2 atom stereocenters. The van der Waals surface area contributed by atoms with Crippen molar-refractivity contribution in [1.82, 2.24) is 5.32 Å². The second-order valence-corrected chi connectivity index (χ2v) is 6.38. The Kier molecular flexibility index (Phi) is 4.66. The minimum atomic E-state index is -0.892. The molecule has 1 aromatic rings. The molecule has 1 aliphatic carbocycles. The Morgan fingerprint density at radius 3 is 2.60 bits per heavy atom. The van der Waals surface area contributed by atoms with Crippen LogP contribution in [-0.4, -0.2) is 30.0 Å². The molecule has 0 saturated heterocycles. The van der Waals surface area contributed by atoms with E-state index in [-0.39, 0.29) is 17.9 Å². The topological polar surface area (TPSA) is 47.6 Å². The number of halogens is 2. The van der Waals surface area contributed by atoms with Crippen LogP contribution < -0.4 is 14.8 Å². The summed E-state index contributed by atoms with van der Waals surface area (Å²) in [4.78, 5) is 11.7. The molecule has 1 amide bonds. The summed E-state index contributed by atoms with van der Waals surface area (Å²) in [6.07, 6.45) is 0.318. The molecule has 1 aliphatic rings. The van der Waals surface area contributed by atoms with Gasteiger partial charge in [0.25, 0.3) is 0 Å². The number of alkyl halides is 2. The normalized spacial score (nSPS) is 20.9. The van der Waals surface area contributed by atoms with Crippen molar-refractivity contribution in [2.45, 2.75) is 23.8 Å². The van der Waals surface area contributed by atoms with Gasteiger partial charge >= 0.3 is 0 Å². The van der Waals surface area contributed by atoms with E-state index in [0.717, 1.165) is 0 Å². The molecule has 0 aromatic heterocycles. The summed E-state index contributed by atoms with van der Waals surface area (Å²) >= 11 is 11.7. The molecule has 1 N–H and O–H groups in total. The standard InChI is InChI=1S/C14H17Cl2NO3/c1-9(8-17-13(18)10-7-14(10,15)16)20-12-6-4-3-5-11(12)19-2/h3-6,9-10H,7-8H2,1-2H3,(H,17,18)/t9-,10-/m1/s1. The summed E-state index contributed by atoms with van der Waals surface area (Å²) in [5.74, 6) is 0.857. The molecule has 0 bridgehead atoms. The maximum atomic E-state index is 11.7. The Balaban J connectivity index is 1.81. The lowest BCUT2D eigenvalue weighted by Crippen LogP contribution is -2.35. The average Bonchev–Trinajstić information content (AvgIpc) is 3.06. The molecule has 2 rings (SSSR count). The van der Waals surface area contributed by atoms with Crippen molar-refractivity contribution >= 4 is 29.1 Å². The fourth-order valence-corrected chi connectivity index (χ4v) is 2.35. The third-order valence-electron chi connectivity index (χ3n) is 3.10. The van der Waals surface area contributed by atoms with Gasteiger partial charge in [-0.3, -0.25) is 4.79 Å². The summed E-state index contributed by atoms with van der Waals surface area (Å²) in [6, 6.07) is 7.37. The van der Waals surface area contributed by atoms with Crippen LogP contribution in [0.15, 0.2) is 24.3 Å². The number of hydrogen-bond donors (Lipinski definition) is 1. The molecule has 1 saturated carbocycles. The number of para-hydroxylation sites is 2. The number of carbonyl (C=O) groups excluding carboxylic acids is 1. The molecular weight excluding hydrogens is 301 g/mol. The van der Waals surface area contributed by atoms with Crippen LogP contribution in [0.2, 0.25) is 0 Å². The molecule has 20 heavy (non-hydrogen) atoms. The van der Waals surface area contributed by atoms with E-state index in [9.17, 15) is 4.79 Å². The first-order valence-electron chi connectivity index (χ1n) is 6.39. The SMILES string of the molecule is COc1ccccc1O[C@H](C)CNC(=O)[C@H]1CC1(Cl)Cl. The minimum absolute atomic E-state index is 0.134. The first-order chi connectivity index (χ1) is 9.44. The number of amides is 1. The maximum absolute atomic E-state index is 11.7. The number of hydrogen-bond acceptors (Lipinski definition) is 3. The Bertz CT molecular complexity index is 493. The van der Waals surface area contributed by atoms with Gasteiger partial charge in [0.15, 0.2) is 11.5 Å². The number of nitrogens with one attached hydrogen (secondary N) is 1. The van der Waals surface area contributed by atoms with Gasteiger partial charge in [-0.15, -0.1) is 23.2 Å². The van der Waals surface area contributed by atoms with Gasteiger partial charge in [0.2, 0.25) is 5.91 Å². The maximum Gasteiger partial charge on any atom is 0.226 e. The minimum Gasteiger partial charge on any atom is -0.493 e. The van der Waals surface area contributed by atoms with E-state index in [1.165, 1.54) is 0 Å². The Morgan fingerprint density at radius 2 is 2.05 bits per heavy atom. The summed E-state index contributed by atoms with van der Waals surface area (Å²) in [7, 11) is 1.59. The lowest BCUT2D eigenvalue weighted by atomic mass is 10.3. The van der Waals surface area contributed by atoms with Crippen molar-refractivity contribution in [2.75, 3.05) is 13.7 Å². The molecule has 0 aliphatic heterocycles. The van der Waals surface area contributed by atoms with Crippen LogP contribution in [0.25, 0.3) is 0 Å². The molecule has 1 aromatic carbocycles. The average molecular weight is 318 g/mol. The Morgan fingerprint density at radius 1 is 1.45 bits per heavy atom. The van der Waals surface area contributed by atoms with Crippen molar-refractivity contribution in [3.63, 3.8) is 0 Å². The van der Waals surface area contributed by atoms with Gasteiger partial charge in [0.05, 0.1) is 19.6 Å². The third kappa shape index (κ3) is 3.70. The van der Waals surface area contributed by atoms with Crippen LogP contribution in [0.1, 0.15) is 13.3 Å². The predicted octanol–water partition coefficient (Wildman–Crippen LogP) is 2.77. The van der Waals surface area contributed by atoms with E-state index in [2.05, 4.69) is 5.32 Å². The van der Waals surface area contributed by atoms with Crippen LogP contribution >= 0.6 is 23.2 Å². The zero-order valence-electron chi connectivity index (χ0n) is 11.4. The van der Waals surface area contributed by atoms with Crippen LogP contribution in [0.4, 0.5) is 0 Å². The molecule has 0 heterocycles. The van der Waals surface area contributed by atoms with Crippen molar-refractivity contribution < 1.29 is 14.3 Å². The van der Waals surface area contributed by atoms with Gasteiger partial charge in [0.1, 0.15) is 10.4 Å². The molecule has 0 unspecified atom stereocenters. The van der Waals surface area contributed by atoms with Crippen molar-refractivity contribution in [1.29, 1.82) is 0 Å². The lowest BCUT2D eigenvalue weighted by molar-refractivity contribution is -0.122. The van der Waals surface area contributed by atoms with E-state index in [0.29, 0.717) is 24.5 Å². The van der Waals surface area contributed by atoms with E-state index >= 15 is 0 Å². The Hall–Kier alpha value is -1.13. The molecule has 0 radical (unpaired) electrons. The number of rotatable bonds is 6. The van der Waals surface area contributed by atoms with Crippen LogP contribution in [0.3, 0.4) is 0 Å². The fraction of sp³-hybridized carbons (Fsp3) is 0.500. The zero-order valence-corrected chi connectivity index (χ0v) is 12.9. The highest BCUT2D eigenvalue weighted by Gasteiger charge is 2.56. The lowest BCUT2D eigenvalue weighted by Gasteiger charge is -2.17. The van der Waals surface area contributed by atoms with Crippen molar-refractivity contribution in [3.8, 4) is 11.5 Å². The van der Waals surface area contributed by atoms with Gasteiger partial charge in [0, 0.05) is 0 Å². The van der Waals surface area contributed by atoms with Gasteiger partial charge in [-0.05, 0) is 25.5 Å². The highest BCUT2D eigenvalue weighted by molar-refractivity contribution is 6.52. The largest absolute Gasteiger partial charge is 0.493 e. The van der Waals surface area contributed by atoms with E-state index in [1.54, 1.807) is 7.11 Å². The zero-order chi connectivity index (χ0) is 14.8. The third-order valence-corrected chi connectivity index (χ3v) is 3.94. The first kappa shape index (κ1) is 15.3. The van der Waals surface area contributed by atoms with E-state index in [4.69, 9.17) is 32.7 Å². The van der Waals surface area contributed by atoms with Gasteiger partial charge in [-0.2, -0.15) is 0 Å². The highest BCUT2D eigenvalue weighted by atomic mass is 35.5. The summed E-state index contributed by atoms with van der Waals surface area (Å²) < 4.78 is 10.0. The quantitative estimate of drug-likeness (QED) is 0.821. The second-order valence-electron chi connectivity index (χ2n) is 4.84. The molecule has 4 nitrogen and oxygen atoms in total. The second kappa shape index (κ2) is 6.10. The predicted molar refractivity (Wildman–Crippen MR) is 78.6 cm³/mol.